The van der Waals surface area contributed by atoms with Crippen LogP contribution in [-0.4, -0.2) is 34.7 Å². The van der Waals surface area contributed by atoms with Crippen molar-refractivity contribution in [3.8, 4) is 0 Å². The van der Waals surface area contributed by atoms with Crippen LogP contribution in [0.1, 0.15) is 6.92 Å². The second-order valence-corrected chi connectivity index (χ2v) is 5.52. The fraction of sp³-hybridized carbons (Fsp3) is 0.625. The third-order valence-corrected chi connectivity index (χ3v) is 4.00. The molecule has 0 heterocycles. The second-order valence-electron chi connectivity index (χ2n) is 2.97. The van der Waals surface area contributed by atoms with Crippen LogP contribution < -0.4 is 11.5 Å². The van der Waals surface area contributed by atoms with Crippen molar-refractivity contribution in [1.29, 1.82) is 0 Å². The molecular formula is C8H16N2O2S2. The average molecular weight is 236 g/mol. The fourth-order valence-electron chi connectivity index (χ4n) is 0.456. The van der Waals surface area contributed by atoms with Gasteiger partial charge in [-0.15, -0.1) is 0 Å². The van der Waals surface area contributed by atoms with Gasteiger partial charge < -0.3 is 16.6 Å². The molecule has 0 fully saturated rings. The summed E-state index contributed by atoms with van der Waals surface area (Å²) in [6.07, 6.45) is 0. The van der Waals surface area contributed by atoms with Crippen LogP contribution in [0.15, 0.2) is 12.2 Å². The Morgan fingerprint density at radius 3 is 2.14 bits per heavy atom. The Hall–Kier alpha value is -0.170. The van der Waals surface area contributed by atoms with Crippen LogP contribution in [-0.2, 0) is 4.79 Å². The lowest BCUT2D eigenvalue weighted by atomic mass is 10.2. The van der Waals surface area contributed by atoms with E-state index in [2.05, 4.69) is 6.58 Å². The smallest absolute Gasteiger partial charge is 0.321 e. The summed E-state index contributed by atoms with van der Waals surface area (Å²) in [5.41, 5.74) is 12.0. The minimum absolute atomic E-state index is 0.0337. The highest BCUT2D eigenvalue weighted by Crippen LogP contribution is 2.23. The van der Waals surface area contributed by atoms with Gasteiger partial charge in [0, 0.05) is 17.5 Å². The van der Waals surface area contributed by atoms with Crippen molar-refractivity contribution >= 4 is 27.6 Å². The van der Waals surface area contributed by atoms with Gasteiger partial charge in [-0.3, -0.25) is 4.79 Å². The van der Waals surface area contributed by atoms with Crippen LogP contribution in [0.25, 0.3) is 0 Å². The molecule has 0 aliphatic carbocycles. The van der Waals surface area contributed by atoms with Gasteiger partial charge in [0.15, 0.2) is 0 Å². The first-order valence-electron chi connectivity index (χ1n) is 4.09. The van der Waals surface area contributed by atoms with Gasteiger partial charge in [0.05, 0.1) is 0 Å². The lowest BCUT2D eigenvalue weighted by Gasteiger charge is -2.10. The minimum Gasteiger partial charge on any atom is -0.480 e. The molecule has 4 nitrogen and oxygen atoms in total. The third kappa shape index (κ3) is 6.31. The zero-order valence-electron chi connectivity index (χ0n) is 8.10. The molecule has 5 N–H and O–H groups in total. The molecule has 2 atom stereocenters. The number of carboxylic acid groups (broad SMARTS) is 1. The van der Waals surface area contributed by atoms with E-state index in [0.717, 1.165) is 11.3 Å². The predicted molar refractivity (Wildman–Crippen MR) is 63.3 cm³/mol. The number of carbonyl (C=O) groups is 1. The van der Waals surface area contributed by atoms with Gasteiger partial charge in [0.1, 0.15) is 6.04 Å². The highest BCUT2D eigenvalue weighted by atomic mass is 33.1. The van der Waals surface area contributed by atoms with E-state index < -0.39 is 12.0 Å². The molecule has 0 saturated carbocycles. The van der Waals surface area contributed by atoms with Crippen LogP contribution in [0.2, 0.25) is 0 Å². The molecule has 0 aromatic rings. The molecule has 6 heteroatoms. The molecule has 0 spiro atoms. The number of hydrogen-bond acceptors (Lipinski definition) is 5. The molecule has 0 rings (SSSR count). The molecular weight excluding hydrogens is 220 g/mol. The van der Waals surface area contributed by atoms with E-state index in [4.69, 9.17) is 16.6 Å². The summed E-state index contributed by atoms with van der Waals surface area (Å²) >= 11 is 0. The Kier molecular flexibility index (Phi) is 7.08. The maximum absolute atomic E-state index is 10.3. The van der Waals surface area contributed by atoms with Crippen LogP contribution in [0.3, 0.4) is 0 Å². The van der Waals surface area contributed by atoms with Gasteiger partial charge >= 0.3 is 5.97 Å². The van der Waals surface area contributed by atoms with E-state index in [1.54, 1.807) is 0 Å². The lowest BCUT2D eigenvalue weighted by Crippen LogP contribution is -2.32. The highest BCUT2D eigenvalue weighted by molar-refractivity contribution is 8.76. The molecule has 0 aromatic carbocycles. The summed E-state index contributed by atoms with van der Waals surface area (Å²) in [7, 11) is 2.95. The fourth-order valence-corrected chi connectivity index (χ4v) is 2.83. The summed E-state index contributed by atoms with van der Waals surface area (Å²) in [5, 5.41) is 8.49. The van der Waals surface area contributed by atoms with Gasteiger partial charge in [-0.1, -0.05) is 33.7 Å². The molecule has 82 valence electrons. The largest absolute Gasteiger partial charge is 0.480 e. The van der Waals surface area contributed by atoms with E-state index in [-0.39, 0.29) is 6.04 Å². The maximum atomic E-state index is 10.3. The third-order valence-electron chi connectivity index (χ3n) is 1.53. The number of hydrogen-bond donors (Lipinski definition) is 3. The van der Waals surface area contributed by atoms with Crippen molar-refractivity contribution in [3.05, 3.63) is 12.2 Å². The monoisotopic (exact) mass is 236 g/mol. The minimum atomic E-state index is -0.970. The van der Waals surface area contributed by atoms with Gasteiger partial charge in [-0.05, 0) is 6.92 Å². The van der Waals surface area contributed by atoms with Crippen molar-refractivity contribution in [3.63, 3.8) is 0 Å². The number of carboxylic acids is 1. The quantitative estimate of drug-likeness (QED) is 0.342. The second kappa shape index (κ2) is 7.17. The van der Waals surface area contributed by atoms with Gasteiger partial charge in [0.25, 0.3) is 0 Å². The number of rotatable bonds is 7. The zero-order chi connectivity index (χ0) is 11.1. The molecule has 0 radical (unpaired) electrons. The van der Waals surface area contributed by atoms with Crippen molar-refractivity contribution in [2.24, 2.45) is 11.5 Å². The number of nitrogens with two attached hydrogens (primary N) is 2. The Bertz CT molecular complexity index is 190. The van der Waals surface area contributed by atoms with E-state index in [9.17, 15) is 4.79 Å². The van der Waals surface area contributed by atoms with Gasteiger partial charge in [-0.25, -0.2) is 0 Å². The van der Waals surface area contributed by atoms with E-state index in [0.29, 0.717) is 5.75 Å². The summed E-state index contributed by atoms with van der Waals surface area (Å²) in [4.78, 5) is 10.3. The summed E-state index contributed by atoms with van der Waals surface area (Å²) in [5.74, 6) is 0.150. The first-order valence-corrected chi connectivity index (χ1v) is 6.57. The van der Waals surface area contributed by atoms with Crippen LogP contribution in [0.5, 0.6) is 0 Å². The SMILES string of the molecule is C=C(C)[C@@H](N)CSSC[C@H](N)C(=O)O. The first kappa shape index (κ1) is 13.8. The van der Waals surface area contributed by atoms with Crippen molar-refractivity contribution in [2.75, 3.05) is 11.5 Å². The normalized spacial score (nSPS) is 14.8. The molecule has 0 amide bonds. The van der Waals surface area contributed by atoms with Crippen molar-refractivity contribution in [1.82, 2.24) is 0 Å². The van der Waals surface area contributed by atoms with E-state index in [1.807, 2.05) is 6.92 Å². The Morgan fingerprint density at radius 1 is 1.36 bits per heavy atom. The Morgan fingerprint density at radius 2 is 1.79 bits per heavy atom. The lowest BCUT2D eigenvalue weighted by molar-refractivity contribution is -0.137. The van der Waals surface area contributed by atoms with Crippen molar-refractivity contribution < 1.29 is 9.90 Å². The van der Waals surface area contributed by atoms with E-state index in [1.165, 1.54) is 21.6 Å². The zero-order valence-corrected chi connectivity index (χ0v) is 9.74. The van der Waals surface area contributed by atoms with Crippen LogP contribution in [0.4, 0.5) is 0 Å². The summed E-state index contributed by atoms with van der Waals surface area (Å²) in [6.45, 7) is 5.60. The highest BCUT2D eigenvalue weighted by Gasteiger charge is 2.11. The summed E-state index contributed by atoms with van der Waals surface area (Å²) in [6, 6.07) is -0.831. The van der Waals surface area contributed by atoms with Gasteiger partial charge in [-0.2, -0.15) is 0 Å². The molecule has 0 aromatic heterocycles. The first-order chi connectivity index (χ1) is 6.45. The Labute approximate surface area is 91.9 Å². The predicted octanol–water partition coefficient (Wildman–Crippen LogP) is 0.683. The van der Waals surface area contributed by atoms with Crippen molar-refractivity contribution in [2.45, 2.75) is 19.0 Å². The topological polar surface area (TPSA) is 89.3 Å². The van der Waals surface area contributed by atoms with Gasteiger partial charge in [0.2, 0.25) is 0 Å². The number of aliphatic carboxylic acids is 1. The summed E-state index contributed by atoms with van der Waals surface area (Å²) < 4.78 is 0. The molecule has 0 saturated heterocycles. The van der Waals surface area contributed by atoms with Crippen LogP contribution in [0, 0.1) is 0 Å². The molecule has 0 aliphatic heterocycles. The molecule has 0 aliphatic rings. The Balaban J connectivity index is 3.47. The standard InChI is InChI=1S/C8H16N2O2S2/c1-5(2)6(9)3-13-14-4-7(10)8(11)12/h6-7H,1,3-4,9-10H2,2H3,(H,11,12)/t6-,7-/m0/s1. The average Bonchev–Trinajstić information content (AvgIpc) is 2.11. The maximum Gasteiger partial charge on any atom is 0.321 e. The molecule has 0 bridgehead atoms. The van der Waals surface area contributed by atoms with Crippen LogP contribution >= 0.6 is 21.6 Å². The van der Waals surface area contributed by atoms with E-state index >= 15 is 0 Å². The molecule has 14 heavy (non-hydrogen) atoms. The molecule has 0 unspecified atom stereocenters.